The van der Waals surface area contributed by atoms with Crippen molar-refractivity contribution in [2.24, 2.45) is 0 Å². The molecule has 2 atom stereocenters. The Kier molecular flexibility index (Phi) is 6.62. The number of likely N-dealkylation sites (tertiary alicyclic amines) is 1. The molecule has 19 heavy (non-hydrogen) atoms. The third kappa shape index (κ3) is 4.44. The predicted octanol–water partition coefficient (Wildman–Crippen LogP) is 2.32. The van der Waals surface area contributed by atoms with E-state index in [-0.39, 0.29) is 0 Å². The van der Waals surface area contributed by atoms with Gasteiger partial charge in [-0.1, -0.05) is 26.7 Å². The molecule has 1 N–H and O–H groups in total. The van der Waals surface area contributed by atoms with Gasteiger partial charge in [-0.3, -0.25) is 4.90 Å². The molecule has 2 heterocycles. The quantitative estimate of drug-likeness (QED) is 0.764. The number of hydrogen-bond donors (Lipinski definition) is 1. The number of rotatable bonds is 7. The fourth-order valence-electron chi connectivity index (χ4n) is 3.63. The third-order valence-corrected chi connectivity index (χ3v) is 4.79. The van der Waals surface area contributed by atoms with Gasteiger partial charge in [-0.15, -0.1) is 0 Å². The van der Waals surface area contributed by atoms with Crippen molar-refractivity contribution < 1.29 is 0 Å². The molecule has 2 aliphatic heterocycles. The lowest BCUT2D eigenvalue weighted by Crippen LogP contribution is -2.58. The number of unbranched alkanes of at least 4 members (excludes halogenated alkanes) is 2. The summed E-state index contributed by atoms with van der Waals surface area (Å²) in [4.78, 5) is 5.44. The summed E-state index contributed by atoms with van der Waals surface area (Å²) < 4.78 is 0. The summed E-state index contributed by atoms with van der Waals surface area (Å²) in [6.07, 6.45) is 8.18. The fraction of sp³-hybridized carbons (Fsp3) is 1.00. The van der Waals surface area contributed by atoms with Crippen molar-refractivity contribution >= 4 is 0 Å². The molecule has 2 aliphatic rings. The van der Waals surface area contributed by atoms with E-state index in [9.17, 15) is 0 Å². The Morgan fingerprint density at radius 3 is 2.63 bits per heavy atom. The highest BCUT2D eigenvalue weighted by Gasteiger charge is 2.33. The van der Waals surface area contributed by atoms with Gasteiger partial charge in [0.25, 0.3) is 0 Å². The molecule has 0 bridgehead atoms. The van der Waals surface area contributed by atoms with Crippen LogP contribution in [0.5, 0.6) is 0 Å². The standard InChI is InChI=1S/C16H33N3/c1-3-5-10-18-13-9-17-15(14-18)16-8-7-12-19(16)11-6-4-2/h15-17H,3-14H2,1-2H3. The molecule has 2 fully saturated rings. The second-order valence-corrected chi connectivity index (χ2v) is 6.31. The lowest BCUT2D eigenvalue weighted by Gasteiger charge is -2.39. The van der Waals surface area contributed by atoms with Crippen molar-refractivity contribution in [2.45, 2.75) is 64.5 Å². The normalized spacial score (nSPS) is 30.0. The zero-order valence-corrected chi connectivity index (χ0v) is 13.0. The van der Waals surface area contributed by atoms with Gasteiger partial charge in [0.2, 0.25) is 0 Å². The van der Waals surface area contributed by atoms with Gasteiger partial charge >= 0.3 is 0 Å². The third-order valence-electron chi connectivity index (χ3n) is 4.79. The zero-order chi connectivity index (χ0) is 13.5. The van der Waals surface area contributed by atoms with E-state index in [0.29, 0.717) is 6.04 Å². The largest absolute Gasteiger partial charge is 0.310 e. The van der Waals surface area contributed by atoms with E-state index in [4.69, 9.17) is 0 Å². The highest BCUT2D eigenvalue weighted by molar-refractivity contribution is 4.93. The Hall–Kier alpha value is -0.120. The monoisotopic (exact) mass is 267 g/mol. The molecule has 3 heteroatoms. The molecule has 0 spiro atoms. The van der Waals surface area contributed by atoms with Crippen LogP contribution in [0.1, 0.15) is 52.4 Å². The van der Waals surface area contributed by atoms with Crippen molar-refractivity contribution in [3.05, 3.63) is 0 Å². The first-order chi connectivity index (χ1) is 9.35. The molecule has 112 valence electrons. The highest BCUT2D eigenvalue weighted by Crippen LogP contribution is 2.22. The van der Waals surface area contributed by atoms with Crippen LogP contribution in [0.25, 0.3) is 0 Å². The van der Waals surface area contributed by atoms with Crippen molar-refractivity contribution in [1.29, 1.82) is 0 Å². The molecule has 0 aromatic carbocycles. The topological polar surface area (TPSA) is 18.5 Å². The minimum Gasteiger partial charge on any atom is -0.310 e. The van der Waals surface area contributed by atoms with Gasteiger partial charge in [-0.25, -0.2) is 0 Å². The maximum absolute atomic E-state index is 3.79. The van der Waals surface area contributed by atoms with Gasteiger partial charge in [0.1, 0.15) is 0 Å². The molecule has 2 saturated heterocycles. The number of nitrogens with one attached hydrogen (secondary N) is 1. The highest BCUT2D eigenvalue weighted by atomic mass is 15.3. The molecule has 0 aromatic heterocycles. The van der Waals surface area contributed by atoms with E-state index in [1.165, 1.54) is 77.8 Å². The van der Waals surface area contributed by atoms with Crippen LogP contribution in [-0.4, -0.2) is 61.2 Å². The first kappa shape index (κ1) is 15.3. The zero-order valence-electron chi connectivity index (χ0n) is 13.0. The Bertz CT molecular complexity index is 244. The first-order valence-electron chi connectivity index (χ1n) is 8.55. The van der Waals surface area contributed by atoms with Crippen LogP contribution in [0.3, 0.4) is 0 Å². The summed E-state index contributed by atoms with van der Waals surface area (Å²) >= 11 is 0. The molecule has 0 radical (unpaired) electrons. The molecular weight excluding hydrogens is 234 g/mol. The first-order valence-corrected chi connectivity index (χ1v) is 8.55. The van der Waals surface area contributed by atoms with E-state index in [2.05, 4.69) is 29.0 Å². The lowest BCUT2D eigenvalue weighted by atomic mass is 10.0. The molecule has 2 unspecified atom stereocenters. The smallest absolute Gasteiger partial charge is 0.0351 e. The number of nitrogens with zero attached hydrogens (tertiary/aromatic N) is 2. The maximum atomic E-state index is 3.79. The van der Waals surface area contributed by atoms with Gasteiger partial charge in [0, 0.05) is 31.7 Å². The van der Waals surface area contributed by atoms with Crippen LogP contribution in [0.4, 0.5) is 0 Å². The van der Waals surface area contributed by atoms with E-state index in [1.54, 1.807) is 0 Å². The molecule has 2 rings (SSSR count). The summed E-state index contributed by atoms with van der Waals surface area (Å²) in [5.41, 5.74) is 0. The average molecular weight is 267 g/mol. The van der Waals surface area contributed by atoms with Crippen LogP contribution >= 0.6 is 0 Å². The SMILES string of the molecule is CCCCN1CCNC(C2CCCN2CCCC)C1. The molecule has 3 nitrogen and oxygen atoms in total. The summed E-state index contributed by atoms with van der Waals surface area (Å²) in [6.45, 7) is 12.2. The van der Waals surface area contributed by atoms with Gasteiger partial charge in [0.05, 0.1) is 0 Å². The second kappa shape index (κ2) is 8.23. The van der Waals surface area contributed by atoms with Crippen LogP contribution in [0.2, 0.25) is 0 Å². The van der Waals surface area contributed by atoms with E-state index in [1.807, 2.05) is 0 Å². The average Bonchev–Trinajstić information content (AvgIpc) is 2.91. The van der Waals surface area contributed by atoms with Gasteiger partial charge in [-0.05, 0) is 45.3 Å². The molecule has 0 aliphatic carbocycles. The van der Waals surface area contributed by atoms with Crippen LogP contribution in [0.15, 0.2) is 0 Å². The van der Waals surface area contributed by atoms with Crippen molar-refractivity contribution in [2.75, 3.05) is 39.3 Å². The Labute approximate surface area is 119 Å². The number of piperazine rings is 1. The van der Waals surface area contributed by atoms with E-state index >= 15 is 0 Å². The Morgan fingerprint density at radius 1 is 1.05 bits per heavy atom. The second-order valence-electron chi connectivity index (χ2n) is 6.31. The Morgan fingerprint density at radius 2 is 1.84 bits per heavy atom. The van der Waals surface area contributed by atoms with E-state index < -0.39 is 0 Å². The summed E-state index contributed by atoms with van der Waals surface area (Å²) in [7, 11) is 0. The van der Waals surface area contributed by atoms with Gasteiger partial charge in [0.15, 0.2) is 0 Å². The summed E-state index contributed by atoms with van der Waals surface area (Å²) in [6, 6.07) is 1.51. The van der Waals surface area contributed by atoms with Crippen LogP contribution in [-0.2, 0) is 0 Å². The van der Waals surface area contributed by atoms with Crippen LogP contribution < -0.4 is 5.32 Å². The van der Waals surface area contributed by atoms with Crippen molar-refractivity contribution in [1.82, 2.24) is 15.1 Å². The van der Waals surface area contributed by atoms with Crippen LogP contribution in [0, 0.1) is 0 Å². The van der Waals surface area contributed by atoms with Crippen molar-refractivity contribution in [3.8, 4) is 0 Å². The van der Waals surface area contributed by atoms with Gasteiger partial charge in [-0.2, -0.15) is 0 Å². The minimum absolute atomic E-state index is 0.713. The Balaban J connectivity index is 1.81. The molecule has 0 saturated carbocycles. The summed E-state index contributed by atoms with van der Waals surface area (Å²) in [5.74, 6) is 0. The predicted molar refractivity (Wildman–Crippen MR) is 82.6 cm³/mol. The molecule has 0 amide bonds. The fourth-order valence-corrected chi connectivity index (χ4v) is 3.63. The van der Waals surface area contributed by atoms with Crippen molar-refractivity contribution in [3.63, 3.8) is 0 Å². The molecular formula is C16H33N3. The van der Waals surface area contributed by atoms with E-state index in [0.717, 1.165) is 6.04 Å². The maximum Gasteiger partial charge on any atom is 0.0351 e. The lowest BCUT2D eigenvalue weighted by molar-refractivity contribution is 0.128. The van der Waals surface area contributed by atoms with Gasteiger partial charge < -0.3 is 10.2 Å². The number of hydrogen-bond acceptors (Lipinski definition) is 3. The summed E-state index contributed by atoms with van der Waals surface area (Å²) in [5, 5.41) is 3.79. The minimum atomic E-state index is 0.713. The molecule has 0 aromatic rings.